The zero-order chi connectivity index (χ0) is 15.3. The highest BCUT2D eigenvalue weighted by Gasteiger charge is 2.35. The number of carbonyl (C=O) groups is 1. The molecule has 3 rings (SSSR count). The first-order valence-electron chi connectivity index (χ1n) is 8.77. The molecular weight excluding hydrogens is 272 g/mol. The van der Waals surface area contributed by atoms with E-state index in [9.17, 15) is 4.79 Å². The van der Waals surface area contributed by atoms with Crippen molar-refractivity contribution >= 4 is 5.91 Å². The van der Waals surface area contributed by atoms with E-state index in [0.29, 0.717) is 5.92 Å². The molecule has 0 unspecified atom stereocenters. The first-order chi connectivity index (χ1) is 10.8. The molecule has 1 saturated carbocycles. The Kier molecular flexibility index (Phi) is 5.14. The average molecular weight is 300 g/mol. The van der Waals surface area contributed by atoms with E-state index in [4.69, 9.17) is 0 Å². The van der Waals surface area contributed by atoms with Crippen LogP contribution in [0.25, 0.3) is 0 Å². The number of amides is 1. The number of benzene rings is 1. The highest BCUT2D eigenvalue weighted by Crippen LogP contribution is 2.44. The smallest absolute Gasteiger partial charge is 0.220 e. The van der Waals surface area contributed by atoms with Crippen LogP contribution in [0.15, 0.2) is 30.3 Å². The minimum atomic E-state index is 0.248. The first-order valence-corrected chi connectivity index (χ1v) is 8.77. The van der Waals surface area contributed by atoms with Crippen LogP contribution >= 0.6 is 0 Å². The molecule has 22 heavy (non-hydrogen) atoms. The van der Waals surface area contributed by atoms with Gasteiger partial charge in [-0.1, -0.05) is 43.2 Å². The number of aryl methyl sites for hydroxylation is 1. The van der Waals surface area contributed by atoms with E-state index in [1.807, 2.05) is 0 Å². The molecule has 1 saturated heterocycles. The molecule has 1 aromatic rings. The molecule has 3 nitrogen and oxygen atoms in total. The van der Waals surface area contributed by atoms with Gasteiger partial charge >= 0.3 is 0 Å². The summed E-state index contributed by atoms with van der Waals surface area (Å²) in [5.41, 5.74) is 1.65. The number of hydrogen-bond donors (Lipinski definition) is 2. The molecule has 0 spiro atoms. The quantitative estimate of drug-likeness (QED) is 0.813. The number of carbonyl (C=O) groups excluding carboxylic acids is 1. The van der Waals surface area contributed by atoms with Gasteiger partial charge in [0.15, 0.2) is 0 Å². The van der Waals surface area contributed by atoms with Gasteiger partial charge in [0, 0.05) is 32.0 Å². The van der Waals surface area contributed by atoms with Crippen LogP contribution in [0, 0.1) is 11.3 Å². The molecule has 1 aliphatic carbocycles. The lowest BCUT2D eigenvalue weighted by atomic mass is 9.77. The molecule has 1 heterocycles. The normalized spacial score (nSPS) is 20.5. The SMILES string of the molecule is O=C(CC1(CCc2ccccc2)CCCC1)NCC1CNC1. The number of rotatable bonds is 7. The predicted molar refractivity (Wildman–Crippen MR) is 89.7 cm³/mol. The van der Waals surface area contributed by atoms with Crippen molar-refractivity contribution in [1.29, 1.82) is 0 Å². The largest absolute Gasteiger partial charge is 0.356 e. The zero-order valence-corrected chi connectivity index (χ0v) is 13.4. The second-order valence-corrected chi connectivity index (χ2v) is 7.20. The van der Waals surface area contributed by atoms with Crippen LogP contribution < -0.4 is 10.6 Å². The summed E-state index contributed by atoms with van der Waals surface area (Å²) >= 11 is 0. The minimum Gasteiger partial charge on any atom is -0.356 e. The Bertz CT molecular complexity index is 475. The van der Waals surface area contributed by atoms with Crippen molar-refractivity contribution in [2.24, 2.45) is 11.3 Å². The summed E-state index contributed by atoms with van der Waals surface area (Å²) in [5.74, 6) is 0.912. The third-order valence-electron chi connectivity index (χ3n) is 5.44. The average Bonchev–Trinajstić information content (AvgIpc) is 2.93. The van der Waals surface area contributed by atoms with E-state index in [1.165, 1.54) is 31.2 Å². The molecule has 0 bridgehead atoms. The summed E-state index contributed by atoms with van der Waals surface area (Å²) < 4.78 is 0. The fourth-order valence-corrected chi connectivity index (χ4v) is 3.85. The molecule has 0 aromatic heterocycles. The van der Waals surface area contributed by atoms with E-state index >= 15 is 0 Å². The molecule has 0 atom stereocenters. The van der Waals surface area contributed by atoms with Gasteiger partial charge in [0.1, 0.15) is 0 Å². The van der Waals surface area contributed by atoms with Gasteiger partial charge < -0.3 is 10.6 Å². The third kappa shape index (κ3) is 4.10. The Hall–Kier alpha value is -1.35. The summed E-state index contributed by atoms with van der Waals surface area (Å²) in [4.78, 5) is 12.3. The third-order valence-corrected chi connectivity index (χ3v) is 5.44. The van der Waals surface area contributed by atoms with Gasteiger partial charge in [0.25, 0.3) is 0 Å². The summed E-state index contributed by atoms with van der Waals surface area (Å²) in [6.07, 6.45) is 7.98. The molecule has 2 fully saturated rings. The van der Waals surface area contributed by atoms with Crippen LogP contribution in [0.1, 0.15) is 44.1 Å². The molecule has 120 valence electrons. The standard InChI is InChI=1S/C19H28N2O/c22-18(21-15-17-13-20-14-17)12-19(9-4-5-10-19)11-8-16-6-2-1-3-7-16/h1-3,6-7,17,20H,4-5,8-15H2,(H,21,22). The maximum Gasteiger partial charge on any atom is 0.220 e. The monoisotopic (exact) mass is 300 g/mol. The minimum absolute atomic E-state index is 0.248. The number of nitrogens with one attached hydrogen (secondary N) is 2. The van der Waals surface area contributed by atoms with Crippen molar-refractivity contribution in [1.82, 2.24) is 10.6 Å². The van der Waals surface area contributed by atoms with Gasteiger partial charge in [-0.15, -0.1) is 0 Å². The lowest BCUT2D eigenvalue weighted by Crippen LogP contribution is -2.48. The molecule has 1 aliphatic heterocycles. The van der Waals surface area contributed by atoms with Crippen molar-refractivity contribution in [3.05, 3.63) is 35.9 Å². The van der Waals surface area contributed by atoms with E-state index in [2.05, 4.69) is 41.0 Å². The van der Waals surface area contributed by atoms with Crippen LogP contribution in [0.4, 0.5) is 0 Å². The van der Waals surface area contributed by atoms with E-state index in [0.717, 1.165) is 38.9 Å². The summed E-state index contributed by atoms with van der Waals surface area (Å²) in [7, 11) is 0. The Morgan fingerprint density at radius 2 is 1.91 bits per heavy atom. The van der Waals surface area contributed by atoms with Gasteiger partial charge in [0.2, 0.25) is 5.91 Å². The van der Waals surface area contributed by atoms with Crippen LogP contribution in [-0.4, -0.2) is 25.5 Å². The van der Waals surface area contributed by atoms with Gasteiger partial charge in [-0.3, -0.25) is 4.79 Å². The molecule has 1 amide bonds. The summed E-state index contributed by atoms with van der Waals surface area (Å²) in [6, 6.07) is 10.7. The molecule has 3 heteroatoms. The van der Waals surface area contributed by atoms with Crippen molar-refractivity contribution in [2.75, 3.05) is 19.6 Å². The van der Waals surface area contributed by atoms with Crippen molar-refractivity contribution in [3.63, 3.8) is 0 Å². The first kappa shape index (κ1) is 15.5. The fourth-order valence-electron chi connectivity index (χ4n) is 3.85. The summed E-state index contributed by atoms with van der Waals surface area (Å²) in [6.45, 7) is 2.96. The highest BCUT2D eigenvalue weighted by atomic mass is 16.1. The second-order valence-electron chi connectivity index (χ2n) is 7.20. The lowest BCUT2D eigenvalue weighted by molar-refractivity contribution is -0.123. The van der Waals surface area contributed by atoms with Crippen LogP contribution in [0.5, 0.6) is 0 Å². The van der Waals surface area contributed by atoms with Gasteiger partial charge in [-0.25, -0.2) is 0 Å². The van der Waals surface area contributed by atoms with Crippen molar-refractivity contribution in [2.45, 2.75) is 44.9 Å². The zero-order valence-electron chi connectivity index (χ0n) is 13.4. The van der Waals surface area contributed by atoms with Crippen molar-refractivity contribution < 1.29 is 4.79 Å². The van der Waals surface area contributed by atoms with Gasteiger partial charge in [0.05, 0.1) is 0 Å². The van der Waals surface area contributed by atoms with E-state index in [1.54, 1.807) is 0 Å². The molecular formula is C19H28N2O. The molecule has 2 N–H and O–H groups in total. The maximum atomic E-state index is 12.3. The molecule has 1 aromatic carbocycles. The van der Waals surface area contributed by atoms with E-state index < -0.39 is 0 Å². The van der Waals surface area contributed by atoms with E-state index in [-0.39, 0.29) is 11.3 Å². The second kappa shape index (κ2) is 7.28. The highest BCUT2D eigenvalue weighted by molar-refractivity contribution is 5.76. The lowest BCUT2D eigenvalue weighted by Gasteiger charge is -2.30. The van der Waals surface area contributed by atoms with Gasteiger partial charge in [-0.05, 0) is 36.7 Å². The number of hydrogen-bond acceptors (Lipinski definition) is 2. The Balaban J connectivity index is 1.50. The van der Waals surface area contributed by atoms with Crippen LogP contribution in [0.2, 0.25) is 0 Å². The maximum absolute atomic E-state index is 12.3. The van der Waals surface area contributed by atoms with Gasteiger partial charge in [-0.2, -0.15) is 0 Å². The van der Waals surface area contributed by atoms with Crippen LogP contribution in [0.3, 0.4) is 0 Å². The summed E-state index contributed by atoms with van der Waals surface area (Å²) in [5, 5.41) is 6.41. The van der Waals surface area contributed by atoms with Crippen molar-refractivity contribution in [3.8, 4) is 0 Å². The predicted octanol–water partition coefficient (Wildman–Crippen LogP) is 2.91. The Morgan fingerprint density at radius 1 is 1.18 bits per heavy atom. The Labute approximate surface area is 133 Å². The Morgan fingerprint density at radius 3 is 2.55 bits per heavy atom. The van der Waals surface area contributed by atoms with Crippen LogP contribution in [-0.2, 0) is 11.2 Å². The fraction of sp³-hybridized carbons (Fsp3) is 0.632. The molecule has 2 aliphatic rings. The molecule has 0 radical (unpaired) electrons. The topological polar surface area (TPSA) is 41.1 Å².